The SMILES string of the molecule is O=C(O)[C@H]1[C@@H]2CC(=O)[C@H]1C[C@H]2Cl. The number of rotatable bonds is 1. The lowest BCUT2D eigenvalue weighted by Gasteiger charge is -2.12. The predicted molar refractivity (Wildman–Crippen MR) is 42.0 cm³/mol. The van der Waals surface area contributed by atoms with Crippen molar-refractivity contribution in [2.75, 3.05) is 0 Å². The summed E-state index contributed by atoms with van der Waals surface area (Å²) in [5.74, 6) is -1.68. The molecule has 66 valence electrons. The smallest absolute Gasteiger partial charge is 0.307 e. The Morgan fingerprint density at radius 1 is 1.58 bits per heavy atom. The fourth-order valence-corrected chi connectivity index (χ4v) is 2.85. The van der Waals surface area contributed by atoms with E-state index < -0.39 is 11.9 Å². The summed E-state index contributed by atoms with van der Waals surface area (Å²) in [5, 5.41) is 8.72. The topological polar surface area (TPSA) is 54.4 Å². The third kappa shape index (κ3) is 0.891. The summed E-state index contributed by atoms with van der Waals surface area (Å²) >= 11 is 5.90. The maximum Gasteiger partial charge on any atom is 0.307 e. The Bertz CT molecular complexity index is 251. The van der Waals surface area contributed by atoms with Crippen LogP contribution < -0.4 is 0 Å². The molecule has 2 fully saturated rings. The number of carbonyl (C=O) groups is 2. The summed E-state index contributed by atoms with van der Waals surface area (Å²) < 4.78 is 0. The molecule has 0 aromatic rings. The first-order valence-electron chi connectivity index (χ1n) is 4.01. The quantitative estimate of drug-likeness (QED) is 0.623. The number of hydrogen-bond donors (Lipinski definition) is 1. The largest absolute Gasteiger partial charge is 0.481 e. The van der Waals surface area contributed by atoms with Crippen LogP contribution in [0.2, 0.25) is 0 Å². The number of carbonyl (C=O) groups excluding carboxylic acids is 1. The maximum absolute atomic E-state index is 11.2. The van der Waals surface area contributed by atoms with Gasteiger partial charge in [-0.3, -0.25) is 9.59 Å². The maximum atomic E-state index is 11.2. The van der Waals surface area contributed by atoms with Gasteiger partial charge in [0.1, 0.15) is 5.78 Å². The Morgan fingerprint density at radius 2 is 2.25 bits per heavy atom. The summed E-state index contributed by atoms with van der Waals surface area (Å²) in [6.45, 7) is 0. The molecule has 0 aromatic heterocycles. The number of carboxylic acid groups (broad SMARTS) is 1. The molecule has 3 nitrogen and oxygen atoms in total. The Hall–Kier alpha value is -0.570. The highest BCUT2D eigenvalue weighted by molar-refractivity contribution is 6.22. The average Bonchev–Trinajstić information content (AvgIpc) is 2.41. The van der Waals surface area contributed by atoms with E-state index in [1.54, 1.807) is 0 Å². The number of carboxylic acids is 1. The van der Waals surface area contributed by atoms with Crippen LogP contribution in [-0.2, 0) is 9.59 Å². The molecule has 0 radical (unpaired) electrons. The van der Waals surface area contributed by atoms with Gasteiger partial charge in [0.15, 0.2) is 0 Å². The number of fused-ring (bicyclic) bond motifs is 2. The second-order valence-corrected chi connectivity index (χ2v) is 4.12. The molecule has 0 unspecified atom stereocenters. The second-order valence-electron chi connectivity index (χ2n) is 3.56. The van der Waals surface area contributed by atoms with E-state index in [1.807, 2.05) is 0 Å². The van der Waals surface area contributed by atoms with Crippen LogP contribution in [0.4, 0.5) is 0 Å². The molecule has 4 heteroatoms. The Morgan fingerprint density at radius 3 is 2.58 bits per heavy atom. The van der Waals surface area contributed by atoms with Crippen molar-refractivity contribution >= 4 is 23.4 Å². The highest BCUT2D eigenvalue weighted by Crippen LogP contribution is 2.49. The number of halogens is 1. The van der Waals surface area contributed by atoms with Crippen molar-refractivity contribution in [1.29, 1.82) is 0 Å². The van der Waals surface area contributed by atoms with E-state index >= 15 is 0 Å². The zero-order chi connectivity index (χ0) is 8.88. The van der Waals surface area contributed by atoms with Crippen LogP contribution in [0, 0.1) is 17.8 Å². The van der Waals surface area contributed by atoms with Crippen LogP contribution in [-0.4, -0.2) is 22.2 Å². The molecule has 0 aromatic carbocycles. The second kappa shape index (κ2) is 2.46. The van der Waals surface area contributed by atoms with Crippen molar-refractivity contribution in [2.24, 2.45) is 17.8 Å². The molecule has 12 heavy (non-hydrogen) atoms. The molecule has 2 saturated carbocycles. The summed E-state index contributed by atoms with van der Waals surface area (Å²) in [5.41, 5.74) is 0. The first kappa shape index (κ1) is 8.05. The first-order valence-corrected chi connectivity index (χ1v) is 4.44. The van der Waals surface area contributed by atoms with E-state index in [9.17, 15) is 9.59 Å². The third-order valence-corrected chi connectivity index (χ3v) is 3.48. The summed E-state index contributed by atoms with van der Waals surface area (Å²) in [6.07, 6.45) is 0.928. The van der Waals surface area contributed by atoms with Gasteiger partial charge in [-0.1, -0.05) is 0 Å². The van der Waals surface area contributed by atoms with Gasteiger partial charge in [0.05, 0.1) is 5.92 Å². The molecule has 0 spiro atoms. The third-order valence-electron chi connectivity index (χ3n) is 2.97. The van der Waals surface area contributed by atoms with E-state index in [2.05, 4.69) is 0 Å². The molecular formula is C8H9ClO3. The first-order chi connectivity index (χ1) is 5.61. The fraction of sp³-hybridized carbons (Fsp3) is 0.750. The normalized spacial score (nSPS) is 45.2. The van der Waals surface area contributed by atoms with E-state index in [4.69, 9.17) is 16.7 Å². The van der Waals surface area contributed by atoms with Crippen molar-refractivity contribution in [2.45, 2.75) is 18.2 Å². The van der Waals surface area contributed by atoms with Gasteiger partial charge in [-0.2, -0.15) is 0 Å². The zero-order valence-electron chi connectivity index (χ0n) is 6.37. The molecule has 0 heterocycles. The molecule has 0 aliphatic heterocycles. The number of hydrogen-bond acceptors (Lipinski definition) is 2. The number of Topliss-reactive ketones (excluding diaryl/α,β-unsaturated/α-hetero) is 1. The van der Waals surface area contributed by atoms with Crippen LogP contribution in [0.15, 0.2) is 0 Å². The average molecular weight is 189 g/mol. The number of ketones is 1. The fourth-order valence-electron chi connectivity index (χ4n) is 2.41. The monoisotopic (exact) mass is 188 g/mol. The van der Waals surface area contributed by atoms with Gasteiger partial charge in [-0.25, -0.2) is 0 Å². The minimum absolute atomic E-state index is 0.0873. The molecule has 0 saturated heterocycles. The molecule has 1 N–H and O–H groups in total. The molecule has 2 aliphatic carbocycles. The van der Waals surface area contributed by atoms with Gasteiger partial charge in [-0.15, -0.1) is 11.6 Å². The highest BCUT2D eigenvalue weighted by Gasteiger charge is 2.55. The Balaban J connectivity index is 2.28. The van der Waals surface area contributed by atoms with Crippen molar-refractivity contribution in [3.63, 3.8) is 0 Å². The molecular weight excluding hydrogens is 180 g/mol. The Labute approximate surface area is 74.7 Å². The Kier molecular flexibility index (Phi) is 1.65. The van der Waals surface area contributed by atoms with Crippen LogP contribution in [0.25, 0.3) is 0 Å². The van der Waals surface area contributed by atoms with Crippen LogP contribution in [0.1, 0.15) is 12.8 Å². The lowest BCUT2D eigenvalue weighted by Crippen LogP contribution is -2.20. The van der Waals surface area contributed by atoms with E-state index in [1.165, 1.54) is 0 Å². The zero-order valence-corrected chi connectivity index (χ0v) is 7.12. The minimum atomic E-state index is -0.862. The molecule has 2 rings (SSSR count). The van der Waals surface area contributed by atoms with Gasteiger partial charge < -0.3 is 5.11 Å². The summed E-state index contributed by atoms with van der Waals surface area (Å²) in [6, 6.07) is 0. The van der Waals surface area contributed by atoms with E-state index in [0.717, 1.165) is 0 Å². The van der Waals surface area contributed by atoms with Crippen LogP contribution >= 0.6 is 11.6 Å². The lowest BCUT2D eigenvalue weighted by atomic mass is 9.98. The molecule has 4 atom stereocenters. The predicted octanol–water partition coefficient (Wildman–Crippen LogP) is 0.904. The molecule has 2 aliphatic rings. The van der Waals surface area contributed by atoms with Crippen LogP contribution in [0.5, 0.6) is 0 Å². The minimum Gasteiger partial charge on any atom is -0.481 e. The highest BCUT2D eigenvalue weighted by atomic mass is 35.5. The van der Waals surface area contributed by atoms with Crippen molar-refractivity contribution in [3.8, 4) is 0 Å². The van der Waals surface area contributed by atoms with Crippen molar-refractivity contribution < 1.29 is 14.7 Å². The molecule has 2 bridgehead atoms. The van der Waals surface area contributed by atoms with Gasteiger partial charge in [0.25, 0.3) is 0 Å². The lowest BCUT2D eigenvalue weighted by molar-refractivity contribution is -0.144. The standard InChI is InChI=1S/C8H9ClO3/c9-5-1-4-6(10)2-3(5)7(4)8(11)12/h3-5,7H,1-2H2,(H,11,12)/t3-,4-,5-,7+/m1/s1. The van der Waals surface area contributed by atoms with Crippen molar-refractivity contribution in [3.05, 3.63) is 0 Å². The molecule has 0 amide bonds. The number of aliphatic carboxylic acids is 1. The summed E-state index contributed by atoms with van der Waals surface area (Å²) in [7, 11) is 0. The van der Waals surface area contributed by atoms with E-state index in [-0.39, 0.29) is 23.0 Å². The van der Waals surface area contributed by atoms with E-state index in [0.29, 0.717) is 12.8 Å². The van der Waals surface area contributed by atoms with Gasteiger partial charge in [-0.05, 0) is 12.3 Å². The summed E-state index contributed by atoms with van der Waals surface area (Å²) in [4.78, 5) is 21.9. The van der Waals surface area contributed by atoms with Gasteiger partial charge in [0, 0.05) is 17.7 Å². The van der Waals surface area contributed by atoms with Gasteiger partial charge in [0.2, 0.25) is 0 Å². The van der Waals surface area contributed by atoms with Crippen LogP contribution in [0.3, 0.4) is 0 Å². The van der Waals surface area contributed by atoms with Crippen molar-refractivity contribution in [1.82, 2.24) is 0 Å². The number of alkyl halides is 1. The van der Waals surface area contributed by atoms with Gasteiger partial charge >= 0.3 is 5.97 Å².